The molecule has 2 heterocycles. The highest BCUT2D eigenvalue weighted by Gasteiger charge is 2.18. The zero-order valence-corrected chi connectivity index (χ0v) is 16.5. The van der Waals surface area contributed by atoms with E-state index in [0.717, 1.165) is 11.3 Å². The SMILES string of the molecule is CNC(=O)CN(C)C(=O)CSc1nnc(-c2ccccc2)n1Cc1ccco1. The highest BCUT2D eigenvalue weighted by molar-refractivity contribution is 7.99. The van der Waals surface area contributed by atoms with Gasteiger partial charge in [-0.25, -0.2) is 0 Å². The van der Waals surface area contributed by atoms with Crippen molar-refractivity contribution in [2.45, 2.75) is 11.7 Å². The maximum absolute atomic E-state index is 12.3. The Balaban J connectivity index is 1.78. The summed E-state index contributed by atoms with van der Waals surface area (Å²) in [6.45, 7) is 0.471. The number of furan rings is 1. The normalized spacial score (nSPS) is 10.6. The molecule has 1 aromatic carbocycles. The number of amides is 2. The maximum Gasteiger partial charge on any atom is 0.239 e. The van der Waals surface area contributed by atoms with Crippen molar-refractivity contribution >= 4 is 23.6 Å². The van der Waals surface area contributed by atoms with E-state index in [1.165, 1.54) is 23.7 Å². The van der Waals surface area contributed by atoms with Gasteiger partial charge in [-0.15, -0.1) is 10.2 Å². The number of nitrogens with zero attached hydrogens (tertiary/aromatic N) is 4. The van der Waals surface area contributed by atoms with Crippen LogP contribution >= 0.6 is 11.8 Å². The van der Waals surface area contributed by atoms with Crippen LogP contribution in [0.25, 0.3) is 11.4 Å². The van der Waals surface area contributed by atoms with Crippen LogP contribution in [0, 0.1) is 0 Å². The maximum atomic E-state index is 12.3. The van der Waals surface area contributed by atoms with Crippen molar-refractivity contribution in [1.29, 1.82) is 0 Å². The first-order valence-electron chi connectivity index (χ1n) is 8.67. The highest BCUT2D eigenvalue weighted by Crippen LogP contribution is 2.25. The summed E-state index contributed by atoms with van der Waals surface area (Å²) in [4.78, 5) is 25.2. The summed E-state index contributed by atoms with van der Waals surface area (Å²) in [5.74, 6) is 1.24. The van der Waals surface area contributed by atoms with Crippen LogP contribution in [0.4, 0.5) is 0 Å². The minimum absolute atomic E-state index is 0.0181. The van der Waals surface area contributed by atoms with E-state index in [1.54, 1.807) is 13.3 Å². The van der Waals surface area contributed by atoms with Gasteiger partial charge in [0.05, 0.1) is 25.1 Å². The Morgan fingerprint density at radius 1 is 1.18 bits per heavy atom. The van der Waals surface area contributed by atoms with Crippen LogP contribution in [0.5, 0.6) is 0 Å². The molecule has 0 saturated heterocycles. The average molecular weight is 399 g/mol. The van der Waals surface area contributed by atoms with Gasteiger partial charge in [0.2, 0.25) is 11.8 Å². The summed E-state index contributed by atoms with van der Waals surface area (Å²) in [6.07, 6.45) is 1.62. The van der Waals surface area contributed by atoms with Gasteiger partial charge >= 0.3 is 0 Å². The van der Waals surface area contributed by atoms with Crippen LogP contribution in [-0.4, -0.2) is 57.9 Å². The molecule has 28 heavy (non-hydrogen) atoms. The molecule has 0 atom stereocenters. The Kier molecular flexibility index (Phi) is 6.49. The lowest BCUT2D eigenvalue weighted by atomic mass is 10.2. The van der Waals surface area contributed by atoms with E-state index in [1.807, 2.05) is 47.0 Å². The smallest absolute Gasteiger partial charge is 0.239 e. The van der Waals surface area contributed by atoms with Crippen molar-refractivity contribution in [3.8, 4) is 11.4 Å². The predicted octanol–water partition coefficient (Wildman–Crippen LogP) is 1.88. The summed E-state index contributed by atoms with van der Waals surface area (Å²) in [5.41, 5.74) is 0.927. The molecule has 0 saturated carbocycles. The topological polar surface area (TPSA) is 93.3 Å². The second-order valence-electron chi connectivity index (χ2n) is 6.05. The number of carbonyl (C=O) groups excluding carboxylic acids is 2. The molecule has 2 amide bonds. The number of rotatable bonds is 8. The van der Waals surface area contributed by atoms with Crippen molar-refractivity contribution in [3.05, 3.63) is 54.5 Å². The second-order valence-corrected chi connectivity index (χ2v) is 6.99. The Labute approximate surface area is 166 Å². The quantitative estimate of drug-likeness (QED) is 0.582. The lowest BCUT2D eigenvalue weighted by Gasteiger charge is -2.15. The van der Waals surface area contributed by atoms with Crippen molar-refractivity contribution < 1.29 is 14.0 Å². The summed E-state index contributed by atoms with van der Waals surface area (Å²) in [7, 11) is 3.14. The highest BCUT2D eigenvalue weighted by atomic mass is 32.2. The van der Waals surface area contributed by atoms with Gasteiger partial charge in [-0.3, -0.25) is 14.2 Å². The number of likely N-dealkylation sites (N-methyl/N-ethyl adjacent to an activating group) is 2. The van der Waals surface area contributed by atoms with Crippen LogP contribution in [0.3, 0.4) is 0 Å². The third kappa shape index (κ3) is 4.80. The molecule has 0 aliphatic rings. The molecule has 0 aliphatic carbocycles. The Morgan fingerprint density at radius 3 is 2.64 bits per heavy atom. The van der Waals surface area contributed by atoms with Gasteiger partial charge in [0.25, 0.3) is 0 Å². The Hall–Kier alpha value is -3.07. The molecule has 0 fully saturated rings. The minimum atomic E-state index is -0.215. The monoisotopic (exact) mass is 399 g/mol. The van der Waals surface area contributed by atoms with Gasteiger partial charge in [0.1, 0.15) is 5.76 Å². The lowest BCUT2D eigenvalue weighted by molar-refractivity contribution is -0.132. The van der Waals surface area contributed by atoms with Crippen LogP contribution in [0.2, 0.25) is 0 Å². The van der Waals surface area contributed by atoms with E-state index in [9.17, 15) is 9.59 Å². The fourth-order valence-electron chi connectivity index (χ4n) is 2.52. The van der Waals surface area contributed by atoms with Crippen molar-refractivity contribution in [2.75, 3.05) is 26.4 Å². The largest absolute Gasteiger partial charge is 0.467 e. The fourth-order valence-corrected chi connectivity index (χ4v) is 3.39. The number of nitrogens with one attached hydrogen (secondary N) is 1. The third-order valence-electron chi connectivity index (χ3n) is 4.05. The van der Waals surface area contributed by atoms with Gasteiger partial charge in [-0.1, -0.05) is 42.1 Å². The van der Waals surface area contributed by atoms with Crippen LogP contribution in [-0.2, 0) is 16.1 Å². The molecule has 0 aliphatic heterocycles. The van der Waals surface area contributed by atoms with Crippen LogP contribution in [0.15, 0.2) is 58.3 Å². The van der Waals surface area contributed by atoms with Gasteiger partial charge < -0.3 is 14.6 Å². The van der Waals surface area contributed by atoms with E-state index in [0.29, 0.717) is 17.5 Å². The van der Waals surface area contributed by atoms with Gasteiger partial charge in [-0.2, -0.15) is 0 Å². The first kappa shape index (κ1) is 19.7. The fraction of sp³-hybridized carbons (Fsp3) is 0.263. The first-order valence-corrected chi connectivity index (χ1v) is 9.65. The number of benzene rings is 1. The molecular formula is C19H21N5O3S. The number of aromatic nitrogens is 3. The van der Waals surface area contributed by atoms with Crippen molar-refractivity contribution in [3.63, 3.8) is 0 Å². The zero-order chi connectivity index (χ0) is 19.9. The molecular weight excluding hydrogens is 378 g/mol. The minimum Gasteiger partial charge on any atom is -0.467 e. The number of thioether (sulfide) groups is 1. The summed E-state index contributed by atoms with van der Waals surface area (Å²) in [6, 6.07) is 13.4. The zero-order valence-electron chi connectivity index (χ0n) is 15.7. The first-order chi connectivity index (χ1) is 13.6. The van der Waals surface area contributed by atoms with Crippen LogP contribution in [0.1, 0.15) is 5.76 Å². The van der Waals surface area contributed by atoms with E-state index < -0.39 is 0 Å². The van der Waals surface area contributed by atoms with Crippen molar-refractivity contribution in [1.82, 2.24) is 25.0 Å². The van der Waals surface area contributed by atoms with Gasteiger partial charge in [0, 0.05) is 19.7 Å². The Bertz CT molecular complexity index is 924. The standard InChI is InChI=1S/C19H21N5O3S/c1-20-16(25)12-23(2)17(26)13-28-19-22-21-18(14-7-4-3-5-8-14)24(19)11-15-9-6-10-27-15/h3-10H,11-13H2,1-2H3,(H,20,25). The molecule has 0 spiro atoms. The summed E-state index contributed by atoms with van der Waals surface area (Å²) < 4.78 is 7.39. The molecule has 0 unspecified atom stereocenters. The lowest BCUT2D eigenvalue weighted by Crippen LogP contribution is -2.37. The Morgan fingerprint density at radius 2 is 1.96 bits per heavy atom. The van der Waals surface area contributed by atoms with E-state index in [4.69, 9.17) is 4.42 Å². The number of carbonyl (C=O) groups is 2. The van der Waals surface area contributed by atoms with Crippen LogP contribution < -0.4 is 5.32 Å². The molecule has 146 valence electrons. The second kappa shape index (κ2) is 9.23. The van der Waals surface area contributed by atoms with Gasteiger partial charge in [0.15, 0.2) is 11.0 Å². The van der Waals surface area contributed by atoms with Gasteiger partial charge in [-0.05, 0) is 12.1 Å². The number of hydrogen-bond acceptors (Lipinski definition) is 6. The molecule has 3 rings (SSSR count). The van der Waals surface area contributed by atoms with Crippen molar-refractivity contribution in [2.24, 2.45) is 0 Å². The molecule has 8 nitrogen and oxygen atoms in total. The molecule has 0 bridgehead atoms. The molecule has 3 aromatic rings. The van der Waals surface area contributed by atoms with E-state index >= 15 is 0 Å². The molecule has 1 N–H and O–H groups in total. The van der Waals surface area contributed by atoms with E-state index in [-0.39, 0.29) is 24.1 Å². The summed E-state index contributed by atoms with van der Waals surface area (Å²) >= 11 is 1.28. The van der Waals surface area contributed by atoms with E-state index in [2.05, 4.69) is 15.5 Å². The molecule has 0 radical (unpaired) electrons. The predicted molar refractivity (Wildman–Crippen MR) is 106 cm³/mol. The number of hydrogen-bond donors (Lipinski definition) is 1. The third-order valence-corrected chi connectivity index (χ3v) is 5.00. The molecule has 2 aromatic heterocycles. The molecule has 9 heteroatoms. The average Bonchev–Trinajstić information content (AvgIpc) is 3.37. The summed E-state index contributed by atoms with van der Waals surface area (Å²) in [5, 5.41) is 11.7.